The fraction of sp³-hybridized carbons (Fsp3) is 0.286. The summed E-state index contributed by atoms with van der Waals surface area (Å²) in [7, 11) is -3.11. The number of rotatable bonds is 2. The summed E-state index contributed by atoms with van der Waals surface area (Å²) < 4.78 is 22.1. The molecule has 0 bridgehead atoms. The molecule has 1 rings (SSSR count). The van der Waals surface area contributed by atoms with Gasteiger partial charge in [0.2, 0.25) is 0 Å². The topological polar surface area (TPSA) is 47.0 Å². The monoisotopic (exact) mass is 203 g/mol. The molecule has 3 nitrogen and oxygen atoms in total. The fourth-order valence-electron chi connectivity index (χ4n) is 0.713. The molecule has 0 aliphatic carbocycles. The van der Waals surface area contributed by atoms with Gasteiger partial charge in [0.1, 0.15) is 0 Å². The van der Waals surface area contributed by atoms with Crippen LogP contribution in [-0.4, -0.2) is 25.9 Å². The van der Waals surface area contributed by atoms with Crippen molar-refractivity contribution < 1.29 is 8.42 Å². The van der Waals surface area contributed by atoms with E-state index < -0.39 is 9.84 Å². The lowest BCUT2D eigenvalue weighted by Gasteiger charge is -1.98. The summed E-state index contributed by atoms with van der Waals surface area (Å²) in [6.07, 6.45) is 6.05. The summed E-state index contributed by atoms with van der Waals surface area (Å²) in [6, 6.07) is 1.62. The molecular formula is C7H9NO2S2. The van der Waals surface area contributed by atoms with Gasteiger partial charge in [0.15, 0.2) is 9.84 Å². The van der Waals surface area contributed by atoms with Crippen LogP contribution < -0.4 is 0 Å². The molecule has 5 heteroatoms. The van der Waals surface area contributed by atoms with Crippen molar-refractivity contribution in [1.82, 2.24) is 4.98 Å². The Morgan fingerprint density at radius 3 is 2.58 bits per heavy atom. The number of pyridine rings is 1. The van der Waals surface area contributed by atoms with Crippen LogP contribution in [-0.2, 0) is 9.84 Å². The van der Waals surface area contributed by atoms with Gasteiger partial charge in [-0.1, -0.05) is 0 Å². The zero-order valence-corrected chi connectivity index (χ0v) is 8.45. The largest absolute Gasteiger partial charge is 0.262 e. The minimum atomic E-state index is -3.11. The molecule has 0 fully saturated rings. The molecule has 1 heterocycles. The predicted molar refractivity (Wildman–Crippen MR) is 49.1 cm³/mol. The van der Waals surface area contributed by atoms with Crippen molar-refractivity contribution in [2.75, 3.05) is 12.5 Å². The Balaban J connectivity index is 3.20. The molecule has 12 heavy (non-hydrogen) atoms. The summed E-state index contributed by atoms with van der Waals surface area (Å²) in [5.41, 5.74) is 0. The molecule has 66 valence electrons. The Hall–Kier alpha value is -0.550. The number of aromatic nitrogens is 1. The summed E-state index contributed by atoms with van der Waals surface area (Å²) in [5, 5.41) is 0. The average Bonchev–Trinajstić information content (AvgIpc) is 2.03. The summed E-state index contributed by atoms with van der Waals surface area (Å²) in [5.74, 6) is 0. The number of thioether (sulfide) groups is 1. The van der Waals surface area contributed by atoms with Gasteiger partial charge in [0.05, 0.1) is 4.90 Å². The van der Waals surface area contributed by atoms with E-state index in [9.17, 15) is 8.42 Å². The zero-order valence-electron chi connectivity index (χ0n) is 6.81. The highest BCUT2D eigenvalue weighted by Gasteiger charge is 2.07. The van der Waals surface area contributed by atoms with Crippen molar-refractivity contribution in [1.29, 1.82) is 0 Å². The van der Waals surface area contributed by atoms with Crippen molar-refractivity contribution in [2.45, 2.75) is 9.79 Å². The van der Waals surface area contributed by atoms with Crippen molar-refractivity contribution in [3.8, 4) is 0 Å². The zero-order chi connectivity index (χ0) is 9.19. The molecule has 1 aromatic rings. The third-order valence-electron chi connectivity index (χ3n) is 1.35. The first-order valence-corrected chi connectivity index (χ1v) is 6.35. The molecule has 0 radical (unpaired) electrons. The molecule has 0 aliphatic rings. The van der Waals surface area contributed by atoms with Crippen LogP contribution in [0.15, 0.2) is 28.3 Å². The third-order valence-corrected chi connectivity index (χ3v) is 3.13. The van der Waals surface area contributed by atoms with E-state index in [1.54, 1.807) is 12.3 Å². The second-order valence-corrected chi connectivity index (χ2v) is 5.23. The van der Waals surface area contributed by atoms with Gasteiger partial charge < -0.3 is 0 Å². The summed E-state index contributed by atoms with van der Waals surface area (Å²) in [6.45, 7) is 0. The molecule has 0 amide bonds. The maximum Gasteiger partial charge on any atom is 0.177 e. The van der Waals surface area contributed by atoms with Crippen LogP contribution in [0.3, 0.4) is 0 Å². The first-order chi connectivity index (χ1) is 5.54. The van der Waals surface area contributed by atoms with E-state index in [1.165, 1.54) is 24.2 Å². The molecule has 0 atom stereocenters. The van der Waals surface area contributed by atoms with Crippen LogP contribution in [0.4, 0.5) is 0 Å². The van der Waals surface area contributed by atoms with Gasteiger partial charge >= 0.3 is 0 Å². The summed E-state index contributed by atoms with van der Waals surface area (Å²) >= 11 is 1.47. The molecule has 0 saturated carbocycles. The van der Waals surface area contributed by atoms with E-state index in [0.717, 1.165) is 4.90 Å². The normalized spacial score (nSPS) is 11.5. The molecule has 1 aromatic heterocycles. The van der Waals surface area contributed by atoms with E-state index in [0.29, 0.717) is 0 Å². The van der Waals surface area contributed by atoms with Gasteiger partial charge in [-0.3, -0.25) is 4.98 Å². The van der Waals surface area contributed by atoms with Gasteiger partial charge in [0, 0.05) is 23.5 Å². The molecule has 0 aromatic carbocycles. The van der Waals surface area contributed by atoms with Crippen LogP contribution in [0.2, 0.25) is 0 Å². The van der Waals surface area contributed by atoms with Crippen molar-refractivity contribution in [3.63, 3.8) is 0 Å². The Morgan fingerprint density at radius 1 is 1.42 bits per heavy atom. The third kappa shape index (κ3) is 2.22. The first-order valence-electron chi connectivity index (χ1n) is 3.23. The molecule has 0 aliphatic heterocycles. The second kappa shape index (κ2) is 3.45. The van der Waals surface area contributed by atoms with Crippen LogP contribution in [0.5, 0.6) is 0 Å². The number of sulfone groups is 1. The highest BCUT2D eigenvalue weighted by atomic mass is 32.2. The number of hydrogen-bond acceptors (Lipinski definition) is 4. The van der Waals surface area contributed by atoms with Crippen molar-refractivity contribution >= 4 is 21.6 Å². The standard InChI is InChI=1S/C7H9NO2S2/c1-11-6-3-7(5-8-4-6)12(2,9)10/h3-5H,1-2H3. The van der Waals surface area contributed by atoms with Gasteiger partial charge in [-0.05, 0) is 12.3 Å². The van der Waals surface area contributed by atoms with Gasteiger partial charge in [0.25, 0.3) is 0 Å². The predicted octanol–water partition coefficient (Wildman–Crippen LogP) is 1.21. The smallest absolute Gasteiger partial charge is 0.177 e. The van der Waals surface area contributed by atoms with Gasteiger partial charge in [-0.25, -0.2) is 8.42 Å². The quantitative estimate of drug-likeness (QED) is 0.678. The lowest BCUT2D eigenvalue weighted by molar-refractivity contribution is 0.601. The van der Waals surface area contributed by atoms with Crippen LogP contribution >= 0.6 is 11.8 Å². The maximum absolute atomic E-state index is 11.1. The Bertz CT molecular complexity index is 373. The molecule has 0 saturated heterocycles. The van der Waals surface area contributed by atoms with Gasteiger partial charge in [-0.2, -0.15) is 0 Å². The van der Waals surface area contributed by atoms with E-state index in [1.807, 2.05) is 6.26 Å². The highest BCUT2D eigenvalue weighted by Crippen LogP contribution is 2.16. The lowest BCUT2D eigenvalue weighted by atomic mass is 10.5. The van der Waals surface area contributed by atoms with E-state index in [4.69, 9.17) is 0 Å². The van der Waals surface area contributed by atoms with E-state index in [-0.39, 0.29) is 4.90 Å². The van der Waals surface area contributed by atoms with Crippen LogP contribution in [0, 0.1) is 0 Å². The SMILES string of the molecule is CSc1cncc(S(C)(=O)=O)c1. The Morgan fingerprint density at radius 2 is 2.08 bits per heavy atom. The highest BCUT2D eigenvalue weighted by molar-refractivity contribution is 7.98. The fourth-order valence-corrected chi connectivity index (χ4v) is 1.79. The molecule has 0 spiro atoms. The molecule has 0 N–H and O–H groups in total. The van der Waals surface area contributed by atoms with Crippen molar-refractivity contribution in [3.05, 3.63) is 18.5 Å². The number of nitrogens with zero attached hydrogens (tertiary/aromatic N) is 1. The minimum Gasteiger partial charge on any atom is -0.262 e. The van der Waals surface area contributed by atoms with Crippen molar-refractivity contribution in [2.24, 2.45) is 0 Å². The van der Waals surface area contributed by atoms with E-state index in [2.05, 4.69) is 4.98 Å². The van der Waals surface area contributed by atoms with Crippen LogP contribution in [0.1, 0.15) is 0 Å². The van der Waals surface area contributed by atoms with Crippen LogP contribution in [0.25, 0.3) is 0 Å². The molecule has 0 unspecified atom stereocenters. The van der Waals surface area contributed by atoms with Gasteiger partial charge in [-0.15, -0.1) is 11.8 Å². The molecular weight excluding hydrogens is 194 g/mol. The average molecular weight is 203 g/mol. The Kier molecular flexibility index (Phi) is 2.74. The second-order valence-electron chi connectivity index (χ2n) is 2.33. The first kappa shape index (κ1) is 9.54. The minimum absolute atomic E-state index is 0.273. The summed E-state index contributed by atoms with van der Waals surface area (Å²) in [4.78, 5) is 4.95. The lowest BCUT2D eigenvalue weighted by Crippen LogP contribution is -1.97. The number of hydrogen-bond donors (Lipinski definition) is 0. The Labute approximate surface area is 76.1 Å². The maximum atomic E-state index is 11.1. The van der Waals surface area contributed by atoms with E-state index >= 15 is 0 Å².